The van der Waals surface area contributed by atoms with Crippen molar-refractivity contribution in [1.82, 2.24) is 5.32 Å². The van der Waals surface area contributed by atoms with E-state index in [4.69, 9.17) is 9.47 Å². The Morgan fingerprint density at radius 3 is 1.91 bits per heavy atom. The maximum atomic E-state index is 12.9. The number of nitrogens with zero attached hydrogens (tertiary/aromatic N) is 1. The van der Waals surface area contributed by atoms with Crippen molar-refractivity contribution < 1.29 is 40.6 Å². The van der Waals surface area contributed by atoms with Gasteiger partial charge in [-0.2, -0.15) is 0 Å². The maximum Gasteiger partial charge on any atom is 0.336 e. The van der Waals surface area contributed by atoms with E-state index in [1.54, 1.807) is 13.8 Å². The fraction of sp³-hybridized carbons (Fsp3) is 0.593. The average molecular weight is 618 g/mol. The van der Waals surface area contributed by atoms with Crippen molar-refractivity contribution in [2.45, 2.75) is 92.0 Å². The minimum absolute atomic E-state index is 0. The first-order valence-electron chi connectivity index (χ1n) is 12.5. The molecule has 6 nitrogen and oxygen atoms in total. The first-order chi connectivity index (χ1) is 15.9. The largest absolute Gasteiger partial charge is 1.00 e. The number of rotatable bonds is 13. The zero-order valence-corrected chi connectivity index (χ0v) is 25.1. The van der Waals surface area contributed by atoms with Gasteiger partial charge in [0.2, 0.25) is 0 Å². The van der Waals surface area contributed by atoms with E-state index in [9.17, 15) is 9.59 Å². The van der Waals surface area contributed by atoms with Gasteiger partial charge in [-0.15, -0.1) is 17.0 Å². The Hall–Kier alpha value is -1.67. The highest BCUT2D eigenvalue weighted by Crippen LogP contribution is 2.38. The van der Waals surface area contributed by atoms with Crippen LogP contribution in [-0.2, 0) is 25.6 Å². The molecule has 0 saturated carbocycles. The third-order valence-corrected chi connectivity index (χ3v) is 5.99. The molecular weight excluding hydrogens is 576 g/mol. The number of nitrogens with one attached hydrogen (secondary N) is 1. The van der Waals surface area contributed by atoms with E-state index in [0.717, 1.165) is 18.5 Å². The number of allylic oxidation sites excluding steroid dienone is 2. The molecule has 2 rings (SSSR count). The molecule has 0 bridgehead atoms. The van der Waals surface area contributed by atoms with Crippen LogP contribution in [0.2, 0.25) is 0 Å². The van der Waals surface area contributed by atoms with Crippen molar-refractivity contribution in [3.05, 3.63) is 52.6 Å². The van der Waals surface area contributed by atoms with Gasteiger partial charge in [0.15, 0.2) is 12.4 Å². The van der Waals surface area contributed by atoms with Crippen LogP contribution in [0.25, 0.3) is 0 Å². The SMILES string of the molecule is Br.CCCCCCCCC[n+]1cccc(C2C(C(=O)OCC)=C(C)NC(C)=C2C(=O)OCC)c1.[Br-]. The molecule has 0 fully saturated rings. The number of aryl methyl sites for hydroxylation is 1. The van der Waals surface area contributed by atoms with Crippen LogP contribution in [0.1, 0.15) is 91.0 Å². The van der Waals surface area contributed by atoms with Crippen LogP contribution >= 0.6 is 17.0 Å². The highest BCUT2D eigenvalue weighted by molar-refractivity contribution is 8.93. The van der Waals surface area contributed by atoms with Gasteiger partial charge in [0.25, 0.3) is 0 Å². The second kappa shape index (κ2) is 17.7. The summed E-state index contributed by atoms with van der Waals surface area (Å²) in [4.78, 5) is 25.9. The van der Waals surface area contributed by atoms with E-state index in [1.807, 2.05) is 38.4 Å². The summed E-state index contributed by atoms with van der Waals surface area (Å²) in [5.41, 5.74) is 3.20. The average Bonchev–Trinajstić information content (AvgIpc) is 2.78. The third kappa shape index (κ3) is 9.71. The Morgan fingerprint density at radius 1 is 0.886 bits per heavy atom. The highest BCUT2D eigenvalue weighted by atomic mass is 79.9. The first kappa shape index (κ1) is 33.3. The molecule has 0 saturated heterocycles. The molecule has 0 aliphatic carbocycles. The van der Waals surface area contributed by atoms with Gasteiger partial charge in [0, 0.05) is 29.4 Å². The molecule has 1 aliphatic rings. The molecule has 1 aromatic rings. The van der Waals surface area contributed by atoms with Crippen molar-refractivity contribution in [2.75, 3.05) is 13.2 Å². The Labute approximate surface area is 232 Å². The highest BCUT2D eigenvalue weighted by Gasteiger charge is 2.38. The molecule has 0 atom stereocenters. The third-order valence-electron chi connectivity index (χ3n) is 5.99. The van der Waals surface area contributed by atoms with Crippen molar-refractivity contribution in [1.29, 1.82) is 0 Å². The van der Waals surface area contributed by atoms with Gasteiger partial charge in [0.05, 0.1) is 30.3 Å². The van der Waals surface area contributed by atoms with Crippen LogP contribution in [0.15, 0.2) is 47.1 Å². The van der Waals surface area contributed by atoms with Crippen LogP contribution < -0.4 is 26.9 Å². The topological polar surface area (TPSA) is 68.5 Å². The molecule has 0 unspecified atom stereocenters. The Kier molecular flexibility index (Phi) is 16.9. The molecule has 198 valence electrons. The molecular formula is C27H42Br2N2O4. The van der Waals surface area contributed by atoms with Crippen molar-refractivity contribution in [3.8, 4) is 0 Å². The monoisotopic (exact) mass is 616 g/mol. The van der Waals surface area contributed by atoms with Gasteiger partial charge in [-0.3, -0.25) is 0 Å². The van der Waals surface area contributed by atoms with E-state index in [0.29, 0.717) is 22.5 Å². The van der Waals surface area contributed by atoms with Crippen molar-refractivity contribution >= 4 is 28.9 Å². The standard InChI is InChI=1S/C27H40N2O4.2BrH/c1-6-9-10-11-12-13-14-17-29-18-15-16-22(19-29)25-23(26(30)32-7-2)20(4)28-21(5)24(25)27(31)33-8-3;;/h15-16,18-19,25H,6-14,17H2,1-5H3;2*1H. The minimum Gasteiger partial charge on any atom is -1.00 e. The lowest BCUT2D eigenvalue weighted by Gasteiger charge is -2.29. The predicted octanol–water partition coefficient (Wildman–Crippen LogP) is 2.67. The van der Waals surface area contributed by atoms with Crippen molar-refractivity contribution in [3.63, 3.8) is 0 Å². The second-order valence-electron chi connectivity index (χ2n) is 8.57. The fourth-order valence-corrected chi connectivity index (χ4v) is 4.39. The van der Waals surface area contributed by atoms with Gasteiger partial charge in [-0.05, 0) is 40.2 Å². The molecule has 0 aromatic carbocycles. The van der Waals surface area contributed by atoms with Gasteiger partial charge in [-0.1, -0.05) is 39.0 Å². The van der Waals surface area contributed by atoms with Crippen LogP contribution in [0.4, 0.5) is 0 Å². The number of aromatic nitrogens is 1. The smallest absolute Gasteiger partial charge is 0.336 e. The summed E-state index contributed by atoms with van der Waals surface area (Å²) in [6.07, 6.45) is 12.9. The van der Waals surface area contributed by atoms with E-state index in [-0.39, 0.29) is 47.2 Å². The normalized spacial score (nSPS) is 13.5. The number of carbonyl (C=O) groups excluding carboxylic acids is 2. The zero-order chi connectivity index (χ0) is 24.2. The number of halogens is 2. The second-order valence-corrected chi connectivity index (χ2v) is 8.57. The minimum atomic E-state index is -0.536. The summed E-state index contributed by atoms with van der Waals surface area (Å²) >= 11 is 0. The van der Waals surface area contributed by atoms with Gasteiger partial charge in [-0.25, -0.2) is 14.2 Å². The number of dihydropyridines is 1. The number of esters is 2. The summed E-state index contributed by atoms with van der Waals surface area (Å²) in [7, 11) is 0. The Morgan fingerprint density at radius 2 is 1.40 bits per heavy atom. The predicted molar refractivity (Wildman–Crippen MR) is 139 cm³/mol. The molecule has 0 radical (unpaired) electrons. The summed E-state index contributed by atoms with van der Waals surface area (Å²) in [5, 5.41) is 3.19. The summed E-state index contributed by atoms with van der Waals surface area (Å²) in [6.45, 7) is 10.9. The number of carbonyl (C=O) groups is 2. The fourth-order valence-electron chi connectivity index (χ4n) is 4.39. The van der Waals surface area contributed by atoms with Gasteiger partial charge < -0.3 is 31.8 Å². The molecule has 35 heavy (non-hydrogen) atoms. The number of unbranched alkanes of at least 4 members (excludes halogenated alkanes) is 6. The van der Waals surface area contributed by atoms with Crippen LogP contribution in [0.5, 0.6) is 0 Å². The molecule has 0 spiro atoms. The number of pyridine rings is 1. The molecule has 2 heterocycles. The number of hydrogen-bond donors (Lipinski definition) is 1. The Balaban J connectivity index is 0.00000578. The zero-order valence-electron chi connectivity index (χ0n) is 21.8. The summed E-state index contributed by atoms with van der Waals surface area (Å²) < 4.78 is 12.9. The molecule has 0 amide bonds. The van der Waals surface area contributed by atoms with E-state index in [1.165, 1.54) is 38.5 Å². The molecule has 1 aliphatic heterocycles. The van der Waals surface area contributed by atoms with E-state index < -0.39 is 17.9 Å². The lowest BCUT2D eigenvalue weighted by molar-refractivity contribution is -0.697. The Bertz CT molecular complexity index is 844. The number of hydrogen-bond acceptors (Lipinski definition) is 5. The molecule has 1 N–H and O–H groups in total. The number of ether oxygens (including phenoxy) is 2. The molecule has 1 aromatic heterocycles. The summed E-state index contributed by atoms with van der Waals surface area (Å²) in [5.74, 6) is -1.36. The first-order valence-corrected chi connectivity index (χ1v) is 12.5. The van der Waals surface area contributed by atoms with Crippen LogP contribution in [0.3, 0.4) is 0 Å². The van der Waals surface area contributed by atoms with E-state index in [2.05, 4.69) is 16.8 Å². The summed E-state index contributed by atoms with van der Waals surface area (Å²) in [6, 6.07) is 3.95. The lowest BCUT2D eigenvalue weighted by atomic mass is 9.81. The van der Waals surface area contributed by atoms with Gasteiger partial charge >= 0.3 is 11.9 Å². The molecule has 8 heteroatoms. The maximum absolute atomic E-state index is 12.9. The van der Waals surface area contributed by atoms with Crippen molar-refractivity contribution in [2.24, 2.45) is 0 Å². The quantitative estimate of drug-likeness (QED) is 0.209. The van der Waals surface area contributed by atoms with Crippen LogP contribution in [0, 0.1) is 0 Å². The van der Waals surface area contributed by atoms with Crippen LogP contribution in [-0.4, -0.2) is 25.2 Å². The van der Waals surface area contributed by atoms with E-state index >= 15 is 0 Å². The lowest BCUT2D eigenvalue weighted by Crippen LogP contribution is -3.00. The van der Waals surface area contributed by atoms with Gasteiger partial charge in [0.1, 0.15) is 6.54 Å².